The molecule has 0 aromatic heterocycles. The summed E-state index contributed by atoms with van der Waals surface area (Å²) in [6.45, 7) is -0.159. The van der Waals surface area contributed by atoms with Gasteiger partial charge in [-0.25, -0.2) is 4.79 Å². The molecule has 2 aliphatic heterocycles. The molecule has 3 atom stereocenters. The van der Waals surface area contributed by atoms with E-state index >= 15 is 0 Å². The second kappa shape index (κ2) is 6.36. The van der Waals surface area contributed by atoms with Crippen molar-refractivity contribution in [3.63, 3.8) is 0 Å². The van der Waals surface area contributed by atoms with Gasteiger partial charge < -0.3 is 26.6 Å². The fourth-order valence-corrected chi connectivity index (χ4v) is 2.91. The molecule has 0 bridgehead atoms. The smallest absolute Gasteiger partial charge is 0.354 e. The predicted octanol–water partition coefficient (Wildman–Crippen LogP) is -0.513. The van der Waals surface area contributed by atoms with Gasteiger partial charge in [-0.2, -0.15) is 0 Å². The molecule has 25 heavy (non-hydrogen) atoms. The highest BCUT2D eigenvalue weighted by molar-refractivity contribution is 6.32. The maximum Gasteiger partial charge on any atom is 0.354 e. The zero-order valence-electron chi connectivity index (χ0n) is 12.8. The standard InChI is InChI=1S/C15H15ClN4O5/c16-8-5-25-14-10(13(22)20(14)11(8)15(23)24)19-12(21)9(18)6-1-3-7(17)4-2-6/h1-4,9-10,14H,5,17-18H2,(H,19,21)(H,23,24)/t9-,10-,14-/m1/s1. The molecule has 0 unspecified atom stereocenters. The van der Waals surface area contributed by atoms with Crippen LogP contribution in [0, 0.1) is 0 Å². The second-order valence-electron chi connectivity index (χ2n) is 5.60. The molecule has 2 heterocycles. The number of carbonyl (C=O) groups excluding carboxylic acids is 2. The van der Waals surface area contributed by atoms with E-state index < -0.39 is 36.1 Å². The van der Waals surface area contributed by atoms with Crippen LogP contribution in [0.2, 0.25) is 0 Å². The first-order valence-electron chi connectivity index (χ1n) is 7.29. The van der Waals surface area contributed by atoms with Gasteiger partial charge in [0.25, 0.3) is 5.91 Å². The van der Waals surface area contributed by atoms with E-state index in [1.165, 1.54) is 0 Å². The van der Waals surface area contributed by atoms with Crippen molar-refractivity contribution in [1.29, 1.82) is 0 Å². The highest BCUT2D eigenvalue weighted by Gasteiger charge is 2.55. The Kier molecular flexibility index (Phi) is 4.38. The average Bonchev–Trinajstić information content (AvgIpc) is 2.58. The molecule has 1 saturated heterocycles. The van der Waals surface area contributed by atoms with E-state index in [0.717, 1.165) is 4.90 Å². The first-order valence-corrected chi connectivity index (χ1v) is 7.67. The Labute approximate surface area is 147 Å². The number of hydrogen-bond acceptors (Lipinski definition) is 6. The van der Waals surface area contributed by atoms with Gasteiger partial charge in [-0.15, -0.1) is 0 Å². The number of nitrogens with zero attached hydrogens (tertiary/aromatic N) is 1. The van der Waals surface area contributed by atoms with Gasteiger partial charge in [-0.1, -0.05) is 23.7 Å². The molecule has 1 fully saturated rings. The molecular formula is C15H15ClN4O5. The van der Waals surface area contributed by atoms with Crippen molar-refractivity contribution >= 4 is 35.1 Å². The third-order valence-electron chi connectivity index (χ3n) is 4.00. The van der Waals surface area contributed by atoms with E-state index in [4.69, 9.17) is 32.9 Å². The van der Waals surface area contributed by atoms with Gasteiger partial charge in [0.2, 0.25) is 5.91 Å². The van der Waals surface area contributed by atoms with Crippen LogP contribution in [0.5, 0.6) is 0 Å². The van der Waals surface area contributed by atoms with Crippen LogP contribution < -0.4 is 16.8 Å². The van der Waals surface area contributed by atoms with Crippen LogP contribution in [-0.2, 0) is 19.1 Å². The van der Waals surface area contributed by atoms with Crippen molar-refractivity contribution in [1.82, 2.24) is 10.2 Å². The van der Waals surface area contributed by atoms with Gasteiger partial charge in [0.05, 0.1) is 11.6 Å². The number of aliphatic carboxylic acids is 1. The minimum absolute atomic E-state index is 0.0829. The topological polar surface area (TPSA) is 148 Å². The monoisotopic (exact) mass is 366 g/mol. The summed E-state index contributed by atoms with van der Waals surface area (Å²) in [5, 5.41) is 11.6. The number of amides is 2. The molecule has 0 aliphatic carbocycles. The molecule has 0 radical (unpaired) electrons. The van der Waals surface area contributed by atoms with Crippen molar-refractivity contribution in [3.8, 4) is 0 Å². The lowest BCUT2D eigenvalue weighted by Crippen LogP contribution is -2.73. The lowest BCUT2D eigenvalue weighted by molar-refractivity contribution is -0.184. The largest absolute Gasteiger partial charge is 0.477 e. The summed E-state index contributed by atoms with van der Waals surface area (Å²) in [5.74, 6) is -2.56. The van der Waals surface area contributed by atoms with Gasteiger partial charge >= 0.3 is 5.97 Å². The van der Waals surface area contributed by atoms with Crippen LogP contribution in [0.1, 0.15) is 11.6 Å². The molecule has 10 heteroatoms. The van der Waals surface area contributed by atoms with Crippen LogP contribution in [0.4, 0.5) is 5.69 Å². The normalized spacial score (nSPS) is 23.6. The van der Waals surface area contributed by atoms with Gasteiger partial charge in [0.15, 0.2) is 12.3 Å². The van der Waals surface area contributed by atoms with E-state index in [2.05, 4.69) is 5.32 Å². The maximum absolute atomic E-state index is 12.3. The highest BCUT2D eigenvalue weighted by Crippen LogP contribution is 2.34. The Hall–Kier alpha value is -2.62. The zero-order valence-corrected chi connectivity index (χ0v) is 13.6. The molecule has 3 rings (SSSR count). The second-order valence-corrected chi connectivity index (χ2v) is 6.06. The number of halogens is 1. The third kappa shape index (κ3) is 2.93. The Morgan fingerprint density at radius 3 is 2.60 bits per heavy atom. The number of fused-ring (bicyclic) bond motifs is 1. The summed E-state index contributed by atoms with van der Waals surface area (Å²) < 4.78 is 5.33. The third-order valence-corrected chi connectivity index (χ3v) is 4.29. The first kappa shape index (κ1) is 17.2. The fraction of sp³-hybridized carbons (Fsp3) is 0.267. The van der Waals surface area contributed by atoms with Crippen molar-refractivity contribution in [2.75, 3.05) is 12.3 Å². The summed E-state index contributed by atoms with van der Waals surface area (Å²) in [6.07, 6.45) is -0.927. The van der Waals surface area contributed by atoms with Crippen LogP contribution in [-0.4, -0.2) is 46.7 Å². The van der Waals surface area contributed by atoms with E-state index in [9.17, 15) is 14.4 Å². The van der Waals surface area contributed by atoms with Gasteiger partial charge in [0.1, 0.15) is 11.7 Å². The molecule has 2 amide bonds. The van der Waals surface area contributed by atoms with Gasteiger partial charge in [-0.3, -0.25) is 14.5 Å². The molecule has 1 aromatic rings. The molecular weight excluding hydrogens is 352 g/mol. The Bertz CT molecular complexity index is 779. The molecule has 0 saturated carbocycles. The van der Waals surface area contributed by atoms with Crippen LogP contribution in [0.3, 0.4) is 0 Å². The summed E-state index contributed by atoms with van der Waals surface area (Å²) in [4.78, 5) is 36.6. The maximum atomic E-state index is 12.3. The highest BCUT2D eigenvalue weighted by atomic mass is 35.5. The number of anilines is 1. The lowest BCUT2D eigenvalue weighted by Gasteiger charge is -2.48. The molecule has 1 aromatic carbocycles. The minimum Gasteiger partial charge on any atom is -0.477 e. The molecule has 2 aliphatic rings. The zero-order chi connectivity index (χ0) is 18.3. The molecule has 0 spiro atoms. The molecule has 132 valence electrons. The quantitative estimate of drug-likeness (QED) is 0.414. The summed E-state index contributed by atoms with van der Waals surface area (Å²) in [6, 6.07) is 4.40. The van der Waals surface area contributed by atoms with Crippen molar-refractivity contribution < 1.29 is 24.2 Å². The van der Waals surface area contributed by atoms with E-state index in [1.54, 1.807) is 24.3 Å². The van der Waals surface area contributed by atoms with Crippen molar-refractivity contribution in [2.45, 2.75) is 18.3 Å². The number of rotatable bonds is 4. The number of nitrogens with two attached hydrogens (primary N) is 2. The number of hydrogen-bond donors (Lipinski definition) is 4. The number of carboxylic acid groups (broad SMARTS) is 1. The Morgan fingerprint density at radius 2 is 2.00 bits per heavy atom. The number of nitrogens with one attached hydrogen (secondary N) is 1. The Balaban J connectivity index is 1.71. The number of carbonyl (C=O) groups is 3. The average molecular weight is 367 g/mol. The van der Waals surface area contributed by atoms with E-state index in [-0.39, 0.29) is 17.3 Å². The Morgan fingerprint density at radius 1 is 1.36 bits per heavy atom. The van der Waals surface area contributed by atoms with Gasteiger partial charge in [0, 0.05) is 5.69 Å². The number of ether oxygens (including phenoxy) is 1. The summed E-state index contributed by atoms with van der Waals surface area (Å²) in [7, 11) is 0. The number of β-lactam (4-membered cyclic amide) rings is 1. The van der Waals surface area contributed by atoms with Crippen molar-refractivity contribution in [3.05, 3.63) is 40.6 Å². The van der Waals surface area contributed by atoms with E-state index in [1.807, 2.05) is 0 Å². The van der Waals surface area contributed by atoms with Crippen LogP contribution >= 0.6 is 11.6 Å². The number of benzene rings is 1. The fourth-order valence-electron chi connectivity index (χ4n) is 2.68. The summed E-state index contributed by atoms with van der Waals surface area (Å²) in [5.41, 5.74) is 12.2. The summed E-state index contributed by atoms with van der Waals surface area (Å²) >= 11 is 5.80. The first-order chi connectivity index (χ1) is 11.8. The number of nitrogen functional groups attached to an aromatic ring is 1. The van der Waals surface area contributed by atoms with Gasteiger partial charge in [-0.05, 0) is 17.7 Å². The van der Waals surface area contributed by atoms with Crippen LogP contribution in [0.15, 0.2) is 35.0 Å². The molecule has 9 nitrogen and oxygen atoms in total. The molecule has 6 N–H and O–H groups in total. The SMILES string of the molecule is Nc1ccc([C@@H](N)C(=O)N[C@@H]2C(=O)N3C(C(=O)O)=C(Cl)CO[C@H]23)cc1. The number of carboxylic acids is 1. The predicted molar refractivity (Wildman–Crippen MR) is 86.8 cm³/mol. The lowest BCUT2D eigenvalue weighted by atomic mass is 10.00. The minimum atomic E-state index is -1.34. The van der Waals surface area contributed by atoms with Crippen molar-refractivity contribution in [2.24, 2.45) is 5.73 Å². The van der Waals surface area contributed by atoms with E-state index in [0.29, 0.717) is 11.3 Å². The van der Waals surface area contributed by atoms with Crippen LogP contribution in [0.25, 0.3) is 0 Å².